The molecule has 3 N–H and O–H groups in total. The molecule has 1 amide bonds. The molecule has 0 rings (SSSR count). The van der Waals surface area contributed by atoms with Crippen molar-refractivity contribution in [3.63, 3.8) is 0 Å². The summed E-state index contributed by atoms with van der Waals surface area (Å²) in [5.41, 5.74) is 0. The topological polar surface area (TPSA) is 95.9 Å². The Hall–Kier alpha value is -1.14. The zero-order chi connectivity index (χ0) is 43.0. The SMILES string of the molecule is CCCCCCCCCCCCCCCCCCCCCC(=O)OCCCCCCCCCCCCCCCCC(=O)NC(CO)C(O)CCCCCCCCCCC. The van der Waals surface area contributed by atoms with Gasteiger partial charge in [-0.1, -0.05) is 264 Å². The molecular formula is C53H105NO5. The summed E-state index contributed by atoms with van der Waals surface area (Å²) in [6.45, 7) is 4.93. The Morgan fingerprint density at radius 2 is 0.695 bits per heavy atom. The zero-order valence-corrected chi connectivity index (χ0v) is 40.0. The van der Waals surface area contributed by atoms with Gasteiger partial charge < -0.3 is 20.3 Å². The monoisotopic (exact) mass is 836 g/mol. The van der Waals surface area contributed by atoms with E-state index in [9.17, 15) is 19.8 Å². The van der Waals surface area contributed by atoms with Gasteiger partial charge in [0.2, 0.25) is 5.91 Å². The molecular weight excluding hydrogens is 731 g/mol. The van der Waals surface area contributed by atoms with Gasteiger partial charge in [-0.2, -0.15) is 0 Å². The van der Waals surface area contributed by atoms with E-state index in [4.69, 9.17) is 4.74 Å². The molecule has 6 heteroatoms. The van der Waals surface area contributed by atoms with Crippen LogP contribution in [-0.2, 0) is 14.3 Å². The second-order valence-corrected chi connectivity index (χ2v) is 18.6. The predicted molar refractivity (Wildman–Crippen MR) is 255 cm³/mol. The number of amides is 1. The maximum Gasteiger partial charge on any atom is 0.305 e. The molecule has 0 aromatic rings. The summed E-state index contributed by atoms with van der Waals surface area (Å²) in [6, 6.07) is -0.545. The third-order valence-electron chi connectivity index (χ3n) is 12.7. The molecule has 0 spiro atoms. The van der Waals surface area contributed by atoms with Crippen LogP contribution in [0.25, 0.3) is 0 Å². The number of carbonyl (C=O) groups excluding carboxylic acids is 2. The second-order valence-electron chi connectivity index (χ2n) is 18.6. The lowest BCUT2D eigenvalue weighted by molar-refractivity contribution is -0.143. The van der Waals surface area contributed by atoms with E-state index >= 15 is 0 Å². The van der Waals surface area contributed by atoms with Gasteiger partial charge in [-0.3, -0.25) is 9.59 Å². The van der Waals surface area contributed by atoms with Crippen molar-refractivity contribution in [1.29, 1.82) is 0 Å². The highest BCUT2D eigenvalue weighted by molar-refractivity contribution is 5.76. The van der Waals surface area contributed by atoms with Gasteiger partial charge in [0.05, 0.1) is 25.4 Å². The van der Waals surface area contributed by atoms with Crippen LogP contribution in [0.4, 0.5) is 0 Å². The smallest absolute Gasteiger partial charge is 0.305 e. The molecule has 0 bridgehead atoms. The van der Waals surface area contributed by atoms with Crippen molar-refractivity contribution in [1.82, 2.24) is 5.32 Å². The fourth-order valence-electron chi connectivity index (χ4n) is 8.52. The fraction of sp³-hybridized carbons (Fsp3) is 0.962. The van der Waals surface area contributed by atoms with Crippen molar-refractivity contribution in [2.24, 2.45) is 0 Å². The van der Waals surface area contributed by atoms with Crippen molar-refractivity contribution < 1.29 is 24.5 Å². The van der Waals surface area contributed by atoms with Gasteiger partial charge in [0.15, 0.2) is 0 Å². The van der Waals surface area contributed by atoms with Gasteiger partial charge in [0.1, 0.15) is 0 Å². The first-order valence-corrected chi connectivity index (χ1v) is 26.8. The lowest BCUT2D eigenvalue weighted by atomic mass is 10.0. The van der Waals surface area contributed by atoms with E-state index in [1.165, 1.54) is 218 Å². The Morgan fingerprint density at radius 1 is 0.407 bits per heavy atom. The first kappa shape index (κ1) is 57.9. The summed E-state index contributed by atoms with van der Waals surface area (Å²) in [7, 11) is 0. The molecule has 0 aliphatic carbocycles. The van der Waals surface area contributed by atoms with Crippen LogP contribution in [0.1, 0.15) is 303 Å². The maximum atomic E-state index is 12.4. The molecule has 0 saturated heterocycles. The average Bonchev–Trinajstić information content (AvgIpc) is 3.24. The van der Waals surface area contributed by atoms with Crippen LogP contribution in [0, 0.1) is 0 Å². The van der Waals surface area contributed by atoms with Crippen LogP contribution in [-0.4, -0.2) is 47.4 Å². The molecule has 0 aromatic heterocycles. The number of carbonyl (C=O) groups is 2. The summed E-state index contributed by atoms with van der Waals surface area (Å²) in [4.78, 5) is 24.5. The minimum atomic E-state index is -0.667. The minimum absolute atomic E-state index is 0.00283. The number of aliphatic hydroxyl groups is 2. The van der Waals surface area contributed by atoms with E-state index in [-0.39, 0.29) is 18.5 Å². The molecule has 0 aromatic carbocycles. The van der Waals surface area contributed by atoms with Crippen LogP contribution in [0.15, 0.2) is 0 Å². The number of hydrogen-bond acceptors (Lipinski definition) is 5. The quantitative estimate of drug-likeness (QED) is 0.0419. The highest BCUT2D eigenvalue weighted by Crippen LogP contribution is 2.17. The Balaban J connectivity index is 3.36. The number of ether oxygens (including phenoxy) is 1. The van der Waals surface area contributed by atoms with Crippen LogP contribution >= 0.6 is 0 Å². The fourth-order valence-corrected chi connectivity index (χ4v) is 8.52. The van der Waals surface area contributed by atoms with Gasteiger partial charge in [0.25, 0.3) is 0 Å². The standard InChI is InChI=1S/C53H105NO5/c1-3-5-7-9-11-13-14-15-16-17-18-19-20-24-27-31-35-39-43-47-53(58)59-48-44-40-36-32-28-25-22-21-23-26-30-34-38-42-46-52(57)54-50(49-55)51(56)45-41-37-33-29-12-10-8-6-4-2/h50-51,55-56H,3-49H2,1-2H3,(H,54,57). The third-order valence-corrected chi connectivity index (χ3v) is 12.7. The van der Waals surface area contributed by atoms with E-state index in [0.717, 1.165) is 51.4 Å². The molecule has 6 nitrogen and oxygen atoms in total. The van der Waals surface area contributed by atoms with Crippen molar-refractivity contribution in [2.45, 2.75) is 315 Å². The van der Waals surface area contributed by atoms with E-state index in [1.807, 2.05) is 0 Å². The Kier molecular flexibility index (Phi) is 48.6. The molecule has 0 saturated carbocycles. The van der Waals surface area contributed by atoms with Crippen LogP contribution in [0.3, 0.4) is 0 Å². The number of aliphatic hydroxyl groups excluding tert-OH is 2. The summed E-state index contributed by atoms with van der Waals surface area (Å²) >= 11 is 0. The molecule has 0 radical (unpaired) electrons. The largest absolute Gasteiger partial charge is 0.466 e. The van der Waals surface area contributed by atoms with E-state index in [1.54, 1.807) is 0 Å². The number of nitrogens with one attached hydrogen (secondary N) is 1. The maximum absolute atomic E-state index is 12.4. The molecule has 0 aliphatic rings. The second kappa shape index (κ2) is 49.5. The van der Waals surface area contributed by atoms with Crippen LogP contribution in [0.2, 0.25) is 0 Å². The third kappa shape index (κ3) is 46.2. The molecule has 2 atom stereocenters. The molecule has 0 heterocycles. The summed E-state index contributed by atoms with van der Waals surface area (Å²) in [5, 5.41) is 23.1. The van der Waals surface area contributed by atoms with Crippen molar-refractivity contribution in [3.8, 4) is 0 Å². The van der Waals surface area contributed by atoms with Crippen LogP contribution in [0.5, 0.6) is 0 Å². The molecule has 352 valence electrons. The lowest BCUT2D eigenvalue weighted by Crippen LogP contribution is -2.45. The summed E-state index contributed by atoms with van der Waals surface area (Å²) in [5.74, 6) is -0.0435. The Bertz CT molecular complexity index is 837. The average molecular weight is 836 g/mol. The zero-order valence-electron chi connectivity index (χ0n) is 40.0. The molecule has 0 fully saturated rings. The van der Waals surface area contributed by atoms with E-state index in [2.05, 4.69) is 19.2 Å². The highest BCUT2D eigenvalue weighted by Gasteiger charge is 2.20. The van der Waals surface area contributed by atoms with Gasteiger partial charge in [-0.15, -0.1) is 0 Å². The Morgan fingerprint density at radius 3 is 1.03 bits per heavy atom. The normalized spacial score (nSPS) is 12.5. The van der Waals surface area contributed by atoms with Crippen molar-refractivity contribution in [3.05, 3.63) is 0 Å². The summed E-state index contributed by atoms with van der Waals surface area (Å²) in [6.07, 6.45) is 55.2. The predicted octanol–water partition coefficient (Wildman–Crippen LogP) is 16.0. The van der Waals surface area contributed by atoms with Crippen molar-refractivity contribution in [2.75, 3.05) is 13.2 Å². The van der Waals surface area contributed by atoms with Crippen LogP contribution < -0.4 is 5.32 Å². The van der Waals surface area contributed by atoms with Gasteiger partial charge in [-0.25, -0.2) is 0 Å². The van der Waals surface area contributed by atoms with Gasteiger partial charge >= 0.3 is 5.97 Å². The van der Waals surface area contributed by atoms with Gasteiger partial charge in [-0.05, 0) is 25.7 Å². The number of rotatable bonds is 50. The number of hydrogen-bond donors (Lipinski definition) is 3. The first-order chi connectivity index (χ1) is 29.0. The molecule has 2 unspecified atom stereocenters. The van der Waals surface area contributed by atoms with E-state index < -0.39 is 12.1 Å². The molecule has 59 heavy (non-hydrogen) atoms. The van der Waals surface area contributed by atoms with E-state index in [0.29, 0.717) is 25.9 Å². The Labute approximate surface area is 368 Å². The number of unbranched alkanes of at least 4 members (excludes halogenated alkanes) is 39. The lowest BCUT2D eigenvalue weighted by Gasteiger charge is -2.22. The van der Waals surface area contributed by atoms with Crippen molar-refractivity contribution >= 4 is 11.9 Å². The summed E-state index contributed by atoms with van der Waals surface area (Å²) < 4.78 is 5.48. The molecule has 0 aliphatic heterocycles. The highest BCUT2D eigenvalue weighted by atomic mass is 16.5. The number of esters is 1. The first-order valence-electron chi connectivity index (χ1n) is 26.8. The minimum Gasteiger partial charge on any atom is -0.466 e. The van der Waals surface area contributed by atoms with Gasteiger partial charge in [0, 0.05) is 12.8 Å².